The van der Waals surface area contributed by atoms with E-state index in [1.165, 1.54) is 6.08 Å². The Labute approximate surface area is 262 Å². The molecule has 2 aliphatic heterocycles. The Balaban J connectivity index is 1.98. The number of aliphatic hydroxyl groups is 2. The third-order valence-electron chi connectivity index (χ3n) is 8.71. The van der Waals surface area contributed by atoms with Crippen LogP contribution in [0.5, 0.6) is 0 Å². The van der Waals surface area contributed by atoms with Crippen molar-refractivity contribution in [3.63, 3.8) is 0 Å². The number of aliphatic hydroxyl groups excluding tert-OH is 1. The number of hydrogen-bond acceptors (Lipinski definition) is 9. The highest BCUT2D eigenvalue weighted by molar-refractivity contribution is 5.98. The van der Waals surface area contributed by atoms with Crippen molar-refractivity contribution >= 4 is 23.9 Å². The maximum absolute atomic E-state index is 12.9. The van der Waals surface area contributed by atoms with E-state index in [-0.39, 0.29) is 11.8 Å². The van der Waals surface area contributed by atoms with Gasteiger partial charge in [-0.05, 0) is 49.5 Å². The number of fused-ring (bicyclic) bond motifs is 2. The zero-order valence-electron chi connectivity index (χ0n) is 26.2. The van der Waals surface area contributed by atoms with E-state index in [1.807, 2.05) is 58.0 Å². The minimum atomic E-state index is -3.81. The predicted molar refractivity (Wildman–Crippen MR) is 160 cm³/mol. The number of benzene rings is 1. The summed E-state index contributed by atoms with van der Waals surface area (Å²) >= 11 is 0. The average Bonchev–Trinajstić information content (AvgIpc) is 3.19. The zero-order chi connectivity index (χ0) is 33.7. The molecule has 45 heavy (non-hydrogen) atoms. The second kappa shape index (κ2) is 14.2. The number of esters is 1. The summed E-state index contributed by atoms with van der Waals surface area (Å²) in [6, 6.07) is 9.77. The number of carbonyl (C=O) groups is 4. The minimum absolute atomic E-state index is 0.0793. The highest BCUT2D eigenvalue weighted by atomic mass is 16.8. The van der Waals surface area contributed by atoms with Crippen LogP contribution in [0.3, 0.4) is 0 Å². The van der Waals surface area contributed by atoms with Gasteiger partial charge in [-0.25, -0.2) is 19.2 Å². The third kappa shape index (κ3) is 7.14. The van der Waals surface area contributed by atoms with Gasteiger partial charge in [-0.15, -0.1) is 0 Å². The maximum Gasteiger partial charge on any atom is 0.344 e. The molecule has 0 unspecified atom stereocenters. The number of carbonyl (C=O) groups excluding carboxylic acids is 1. The molecule has 2 fully saturated rings. The van der Waals surface area contributed by atoms with Crippen molar-refractivity contribution in [3.05, 3.63) is 59.7 Å². The van der Waals surface area contributed by atoms with Gasteiger partial charge in [-0.3, -0.25) is 0 Å². The summed E-state index contributed by atoms with van der Waals surface area (Å²) in [7, 11) is 0. The first-order valence-corrected chi connectivity index (χ1v) is 15.1. The molecule has 12 heteroatoms. The lowest BCUT2D eigenvalue weighted by atomic mass is 9.74. The third-order valence-corrected chi connectivity index (χ3v) is 8.71. The molecule has 12 nitrogen and oxygen atoms in total. The second-order valence-electron chi connectivity index (χ2n) is 12.5. The van der Waals surface area contributed by atoms with Crippen LogP contribution in [0, 0.1) is 17.8 Å². The molecule has 2 heterocycles. The molecule has 0 saturated carbocycles. The molecule has 5 N–H and O–H groups in total. The number of hydrogen-bond donors (Lipinski definition) is 5. The van der Waals surface area contributed by atoms with E-state index in [1.54, 1.807) is 13.0 Å². The first-order chi connectivity index (χ1) is 21.0. The number of rotatable bonds is 15. The number of allylic oxidation sites excluding steroid dienone is 2. The molecule has 0 spiro atoms. The topological polar surface area (TPSA) is 197 Å². The zero-order valence-corrected chi connectivity index (χ0v) is 26.2. The van der Waals surface area contributed by atoms with Gasteiger partial charge in [0.25, 0.3) is 0 Å². The summed E-state index contributed by atoms with van der Waals surface area (Å²) in [6.07, 6.45) is -0.673. The number of carboxylic acids is 3. The smallest absolute Gasteiger partial charge is 0.344 e. The highest BCUT2D eigenvalue weighted by Gasteiger charge is 2.85. The van der Waals surface area contributed by atoms with Crippen LogP contribution in [0.4, 0.5) is 0 Å². The molecule has 0 radical (unpaired) electrons. The Morgan fingerprint density at radius 2 is 1.67 bits per heavy atom. The van der Waals surface area contributed by atoms with Crippen molar-refractivity contribution < 1.29 is 58.9 Å². The van der Waals surface area contributed by atoms with Gasteiger partial charge in [0.2, 0.25) is 23.1 Å². The van der Waals surface area contributed by atoms with Crippen LogP contribution in [0.25, 0.3) is 0 Å². The molecular formula is C33H44O12. The lowest BCUT2D eigenvalue weighted by Crippen LogP contribution is -2.78. The molecule has 9 atom stereocenters. The molecule has 1 aromatic rings. The van der Waals surface area contributed by atoms with Crippen LogP contribution in [-0.2, 0) is 39.8 Å². The van der Waals surface area contributed by atoms with Crippen molar-refractivity contribution in [1.82, 2.24) is 0 Å². The van der Waals surface area contributed by atoms with Crippen LogP contribution < -0.4 is 0 Å². The van der Waals surface area contributed by atoms with E-state index in [2.05, 4.69) is 0 Å². The second-order valence-corrected chi connectivity index (χ2v) is 12.5. The molecule has 2 bridgehead atoms. The van der Waals surface area contributed by atoms with Gasteiger partial charge in [-0.2, -0.15) is 0 Å². The minimum Gasteiger partial charge on any atom is -0.479 e. The summed E-state index contributed by atoms with van der Waals surface area (Å²) in [5.74, 6) is -9.71. The molecule has 2 saturated heterocycles. The summed E-state index contributed by atoms with van der Waals surface area (Å²) in [5.41, 5.74) is -5.38. The normalized spacial score (nSPS) is 31.7. The van der Waals surface area contributed by atoms with Gasteiger partial charge >= 0.3 is 23.9 Å². The predicted octanol–water partition coefficient (Wildman–Crippen LogP) is 3.34. The lowest BCUT2D eigenvalue weighted by Gasteiger charge is -2.48. The summed E-state index contributed by atoms with van der Waals surface area (Å²) in [5, 5.41) is 53.1. The summed E-state index contributed by atoms with van der Waals surface area (Å²) in [6.45, 7) is 9.72. The van der Waals surface area contributed by atoms with E-state index in [0.29, 0.717) is 12.3 Å². The molecule has 0 aliphatic carbocycles. The van der Waals surface area contributed by atoms with Crippen LogP contribution in [0.15, 0.2) is 54.1 Å². The van der Waals surface area contributed by atoms with Gasteiger partial charge in [-0.1, -0.05) is 82.2 Å². The van der Waals surface area contributed by atoms with E-state index >= 15 is 0 Å². The average molecular weight is 633 g/mol. The fourth-order valence-corrected chi connectivity index (χ4v) is 6.22. The number of ether oxygens (including phenoxy) is 3. The van der Waals surface area contributed by atoms with Crippen molar-refractivity contribution in [1.29, 1.82) is 0 Å². The number of aliphatic carboxylic acids is 3. The molecule has 0 aromatic heterocycles. The fraction of sp³-hybridized carbons (Fsp3) is 0.576. The molecule has 3 rings (SSSR count). The Morgan fingerprint density at radius 3 is 2.22 bits per heavy atom. The molecule has 0 amide bonds. The Kier molecular flexibility index (Phi) is 11.4. The monoisotopic (exact) mass is 632 g/mol. The molecule has 1 aromatic carbocycles. The Morgan fingerprint density at radius 1 is 1.02 bits per heavy atom. The van der Waals surface area contributed by atoms with Crippen molar-refractivity contribution in [3.8, 4) is 0 Å². The SMILES string of the molecule is CC[C@H](C)C[C@H](C)/C=C/C(=O)O[C@@H]1[C@@H](O)[C@@]2(C/C=C(\C)C[C@@H](C)Cc3ccccc3)O[C@H](C(=O)O)[C@@](O)(C(=O)O)[C@]1(C(=O)O)O2. The van der Waals surface area contributed by atoms with Crippen molar-refractivity contribution in [2.75, 3.05) is 0 Å². The fourth-order valence-electron chi connectivity index (χ4n) is 6.22. The molecular weight excluding hydrogens is 588 g/mol. The first-order valence-electron chi connectivity index (χ1n) is 15.1. The van der Waals surface area contributed by atoms with Crippen LogP contribution in [-0.4, -0.2) is 84.7 Å². The van der Waals surface area contributed by atoms with Gasteiger partial charge in [0, 0.05) is 12.5 Å². The van der Waals surface area contributed by atoms with Crippen molar-refractivity contribution in [2.24, 2.45) is 17.8 Å². The van der Waals surface area contributed by atoms with E-state index < -0.39 is 65.6 Å². The van der Waals surface area contributed by atoms with Crippen LogP contribution in [0.2, 0.25) is 0 Å². The molecule has 248 valence electrons. The lowest BCUT2D eigenvalue weighted by molar-refractivity contribution is -0.371. The quantitative estimate of drug-likeness (QED) is 0.108. The van der Waals surface area contributed by atoms with Gasteiger partial charge in [0.15, 0.2) is 6.10 Å². The van der Waals surface area contributed by atoms with Crippen molar-refractivity contribution in [2.45, 2.75) is 102 Å². The summed E-state index contributed by atoms with van der Waals surface area (Å²) in [4.78, 5) is 50.5. The highest BCUT2D eigenvalue weighted by Crippen LogP contribution is 2.55. The molecule has 2 aliphatic rings. The van der Waals surface area contributed by atoms with Gasteiger partial charge in [0.1, 0.15) is 6.10 Å². The number of carboxylic acid groups (broad SMARTS) is 3. The largest absolute Gasteiger partial charge is 0.479 e. The van der Waals surface area contributed by atoms with Crippen LogP contribution in [0.1, 0.15) is 65.9 Å². The Hall–Kier alpha value is -3.58. The van der Waals surface area contributed by atoms with E-state index in [0.717, 1.165) is 36.5 Å². The standard InChI is InChI=1S/C33H44O12/c1-6-19(2)16-20(3)12-13-24(34)43-26-25(35)31(15-14-21(4)17-22(5)18-23-10-8-7-9-11-23)44-27(28(36)37)32(42,29(38)39)33(26,45-31)30(40)41/h7-14,19-20,22,25-27,35,42H,6,15-18H2,1-5H3,(H,36,37)(H,38,39)(H,40,41)/b13-12+,21-14+/t19-,20+,22+,25+,26+,27+,31-,32+,33-/m0/s1. The van der Waals surface area contributed by atoms with Gasteiger partial charge in [0.05, 0.1) is 0 Å². The van der Waals surface area contributed by atoms with E-state index in [9.17, 15) is 44.7 Å². The van der Waals surface area contributed by atoms with Crippen LogP contribution >= 0.6 is 0 Å². The van der Waals surface area contributed by atoms with E-state index in [4.69, 9.17) is 14.2 Å². The first kappa shape index (κ1) is 35.9. The Bertz CT molecular complexity index is 1310. The summed E-state index contributed by atoms with van der Waals surface area (Å²) < 4.78 is 16.5. The maximum atomic E-state index is 12.9. The van der Waals surface area contributed by atoms with Gasteiger partial charge < -0.3 is 39.7 Å².